The molecule has 16 heteroatoms. The number of aromatic nitrogens is 2. The normalized spacial score (nSPS) is 21.4. The number of piperidine rings is 1. The van der Waals surface area contributed by atoms with E-state index in [1.165, 1.54) is 22.9 Å². The third-order valence-corrected chi connectivity index (χ3v) is 14.2. The lowest BCUT2D eigenvalue weighted by Crippen LogP contribution is -2.54. The van der Waals surface area contributed by atoms with E-state index in [9.17, 15) is 14.9 Å². The molecule has 5 atom stereocenters. The number of methoxy groups -OCH3 is 1. The van der Waals surface area contributed by atoms with Crippen LogP contribution in [0.3, 0.4) is 0 Å². The van der Waals surface area contributed by atoms with E-state index in [4.69, 9.17) is 32.7 Å². The van der Waals surface area contributed by atoms with Crippen LogP contribution in [0.5, 0.6) is 11.5 Å². The van der Waals surface area contributed by atoms with Crippen LogP contribution in [0.15, 0.2) is 125 Å². The Kier molecular flexibility index (Phi) is 14.3. The van der Waals surface area contributed by atoms with Crippen molar-refractivity contribution in [2.24, 2.45) is 0 Å². The lowest BCUT2D eigenvalue weighted by atomic mass is 9.77. The molecule has 0 radical (unpaired) electrons. The summed E-state index contributed by atoms with van der Waals surface area (Å²) in [5, 5.41) is 9.44. The molecule has 4 aromatic carbocycles. The van der Waals surface area contributed by atoms with Crippen LogP contribution < -0.4 is 20.9 Å². The average molecular weight is 908 g/mol. The van der Waals surface area contributed by atoms with Gasteiger partial charge in [0.05, 0.1) is 31.4 Å². The molecular formula is C49H55FN5O9P. The van der Waals surface area contributed by atoms with Crippen molar-refractivity contribution >= 4 is 14.2 Å². The third-order valence-electron chi connectivity index (χ3n) is 12.1. The highest BCUT2D eigenvalue weighted by Crippen LogP contribution is 2.55. The van der Waals surface area contributed by atoms with Gasteiger partial charge in [0.1, 0.15) is 35.6 Å². The monoisotopic (exact) mass is 907 g/mol. The van der Waals surface area contributed by atoms with Crippen molar-refractivity contribution < 1.29 is 37.1 Å². The molecule has 4 heterocycles. The van der Waals surface area contributed by atoms with Gasteiger partial charge in [-0.2, -0.15) is 5.26 Å². The number of rotatable bonds is 17. The highest BCUT2D eigenvalue weighted by molar-refractivity contribution is 7.44. The molecule has 1 aromatic heterocycles. The third kappa shape index (κ3) is 9.41. The molecule has 65 heavy (non-hydrogen) atoms. The van der Waals surface area contributed by atoms with Crippen LogP contribution in [0.1, 0.15) is 69.9 Å². The predicted octanol–water partition coefficient (Wildman–Crippen LogP) is 8.38. The van der Waals surface area contributed by atoms with Crippen molar-refractivity contribution in [3.05, 3.63) is 159 Å². The molecule has 1 N–H and O–H groups in total. The molecule has 5 aromatic rings. The molecule has 0 amide bonds. The fourth-order valence-corrected chi connectivity index (χ4v) is 10.8. The van der Waals surface area contributed by atoms with E-state index in [2.05, 4.69) is 43.4 Å². The SMILES string of the molecule is COC1(O[C@@H]2[C@H](OC3(c4ccccc4)c4ccccc4Oc4ccccc43)[C@@H](COP(OCCC#N)N(C(C)C)C(C)C)O[C@H]2n2ccc(=O)[nH]c2=O)CCN(c2ccccc2F)CC1. The zero-order valence-corrected chi connectivity index (χ0v) is 38.1. The highest BCUT2D eigenvalue weighted by atomic mass is 31.2. The fourth-order valence-electron chi connectivity index (χ4n) is 9.17. The van der Waals surface area contributed by atoms with Crippen molar-refractivity contribution in [1.82, 2.24) is 14.2 Å². The Hall–Kier alpha value is -5.27. The van der Waals surface area contributed by atoms with Gasteiger partial charge in [0.25, 0.3) is 14.1 Å². The minimum absolute atomic E-state index is 0.0108. The van der Waals surface area contributed by atoms with Gasteiger partial charge in [-0.15, -0.1) is 0 Å². The van der Waals surface area contributed by atoms with Gasteiger partial charge in [-0.1, -0.05) is 78.9 Å². The lowest BCUT2D eigenvalue weighted by Gasteiger charge is -2.46. The second-order valence-corrected chi connectivity index (χ2v) is 18.2. The summed E-state index contributed by atoms with van der Waals surface area (Å²) in [6, 6.07) is 35.3. The molecule has 3 aliphatic heterocycles. The Morgan fingerprint density at radius 2 is 1.48 bits per heavy atom. The highest BCUT2D eigenvalue weighted by Gasteiger charge is 2.57. The number of halogens is 1. The van der Waals surface area contributed by atoms with Crippen molar-refractivity contribution in [1.29, 1.82) is 5.26 Å². The summed E-state index contributed by atoms with van der Waals surface area (Å²) in [7, 11) is -0.184. The summed E-state index contributed by atoms with van der Waals surface area (Å²) in [6.45, 7) is 9.04. The van der Waals surface area contributed by atoms with Gasteiger partial charge in [0.15, 0.2) is 17.6 Å². The molecule has 8 rings (SSSR count). The molecule has 0 spiro atoms. The number of hydrogen-bond acceptors (Lipinski definition) is 12. The Balaban J connectivity index is 1.28. The first-order valence-corrected chi connectivity index (χ1v) is 23.1. The summed E-state index contributed by atoms with van der Waals surface area (Å²) in [5.41, 5.74) is 0.0637. The summed E-state index contributed by atoms with van der Waals surface area (Å²) in [6.07, 6.45) is -2.12. The molecular weight excluding hydrogens is 853 g/mol. The van der Waals surface area contributed by atoms with Gasteiger partial charge in [-0.05, 0) is 57.5 Å². The van der Waals surface area contributed by atoms with E-state index in [0.717, 1.165) is 16.7 Å². The van der Waals surface area contributed by atoms with Crippen molar-refractivity contribution in [2.75, 3.05) is 38.3 Å². The number of para-hydroxylation sites is 3. The molecule has 0 saturated carbocycles. The second kappa shape index (κ2) is 20.1. The Bertz CT molecular complexity index is 2510. The van der Waals surface area contributed by atoms with Gasteiger partial charge < -0.3 is 37.6 Å². The van der Waals surface area contributed by atoms with Gasteiger partial charge >= 0.3 is 5.69 Å². The molecule has 14 nitrogen and oxygen atoms in total. The molecule has 0 bridgehead atoms. The molecule has 2 saturated heterocycles. The topological polar surface area (TPSA) is 150 Å². The summed E-state index contributed by atoms with van der Waals surface area (Å²) >= 11 is 0. The number of nitrogens with one attached hydrogen (secondary N) is 1. The largest absolute Gasteiger partial charge is 0.457 e. The molecule has 2 fully saturated rings. The number of H-pyrrole nitrogens is 1. The van der Waals surface area contributed by atoms with E-state index in [-0.39, 0.29) is 37.5 Å². The Morgan fingerprint density at radius 3 is 2.09 bits per heavy atom. The maximum Gasteiger partial charge on any atom is 0.330 e. The van der Waals surface area contributed by atoms with E-state index in [1.807, 2.05) is 83.8 Å². The maximum atomic E-state index is 15.1. The fraction of sp³-hybridized carbons (Fsp3) is 0.408. The smallest absolute Gasteiger partial charge is 0.330 e. The molecule has 0 aliphatic carbocycles. The summed E-state index contributed by atoms with van der Waals surface area (Å²) < 4.78 is 66.7. The number of nitrogens with zero attached hydrogens (tertiary/aromatic N) is 4. The number of nitriles is 1. The molecule has 3 aliphatic rings. The van der Waals surface area contributed by atoms with Crippen LogP contribution in [-0.4, -0.2) is 83.8 Å². The van der Waals surface area contributed by atoms with Crippen molar-refractivity contribution in [3.8, 4) is 17.6 Å². The Labute approximate surface area is 379 Å². The van der Waals surface area contributed by atoms with Crippen LogP contribution in [0.25, 0.3) is 0 Å². The van der Waals surface area contributed by atoms with Crippen LogP contribution in [0.2, 0.25) is 0 Å². The number of ether oxygens (including phenoxy) is 5. The maximum absolute atomic E-state index is 15.1. The summed E-state index contributed by atoms with van der Waals surface area (Å²) in [5.74, 6) is -0.424. The predicted molar refractivity (Wildman–Crippen MR) is 243 cm³/mol. The van der Waals surface area contributed by atoms with Crippen LogP contribution >= 0.6 is 8.53 Å². The number of benzene rings is 4. The van der Waals surface area contributed by atoms with Crippen LogP contribution in [0, 0.1) is 17.1 Å². The quantitative estimate of drug-likeness (QED) is 0.0543. The molecule has 342 valence electrons. The number of anilines is 1. The van der Waals surface area contributed by atoms with Gasteiger partial charge in [-0.25, -0.2) is 13.9 Å². The van der Waals surface area contributed by atoms with E-state index in [0.29, 0.717) is 43.1 Å². The minimum Gasteiger partial charge on any atom is -0.457 e. The van der Waals surface area contributed by atoms with Crippen LogP contribution in [-0.2, 0) is 33.6 Å². The standard InChI is InChI=1S/C49H55FN5O9P/c1-33(2)55(34(3)4)65(59-31-15-27-51)60-32-42-44(64-49(35-16-7-6-8-17-35)36-18-9-13-22-40(36)61-41-23-14-10-19-37(41)49)45(46(62-42)54-28-24-43(56)52-47(54)57)63-48(58-5)25-29-53(30-26-48)39-21-12-11-20-38(39)50/h6-14,16-24,28,33-34,42,44-46H,15,25-26,29-32H2,1-5H3,(H,52,56,57)/t42-,44-,45-,46-,65?/m1/s1. The van der Waals surface area contributed by atoms with Crippen molar-refractivity contribution in [3.63, 3.8) is 0 Å². The number of aromatic amines is 1. The molecule has 1 unspecified atom stereocenters. The first-order chi connectivity index (χ1) is 31.5. The second-order valence-electron chi connectivity index (χ2n) is 16.8. The minimum atomic E-state index is -1.75. The zero-order valence-electron chi connectivity index (χ0n) is 37.2. The Morgan fingerprint density at radius 1 is 0.846 bits per heavy atom. The first-order valence-electron chi connectivity index (χ1n) is 22.0. The van der Waals surface area contributed by atoms with Gasteiger partial charge in [-0.3, -0.25) is 14.3 Å². The van der Waals surface area contributed by atoms with Gasteiger partial charge in [0, 0.05) is 68.5 Å². The number of hydrogen-bond donors (Lipinski definition) is 1. The van der Waals surface area contributed by atoms with Crippen molar-refractivity contribution in [2.45, 2.75) is 95.0 Å². The van der Waals surface area contributed by atoms with E-state index >= 15 is 4.39 Å². The van der Waals surface area contributed by atoms with Crippen LogP contribution in [0.4, 0.5) is 10.1 Å². The zero-order chi connectivity index (χ0) is 45.7. The van der Waals surface area contributed by atoms with E-state index in [1.54, 1.807) is 25.3 Å². The lowest BCUT2D eigenvalue weighted by molar-refractivity contribution is -0.282. The number of fused-ring (bicyclic) bond motifs is 2. The van der Waals surface area contributed by atoms with E-state index < -0.39 is 55.7 Å². The first kappa shape index (κ1) is 46.3. The average Bonchev–Trinajstić information content (AvgIpc) is 3.63. The summed E-state index contributed by atoms with van der Waals surface area (Å²) in [4.78, 5) is 30.7. The van der Waals surface area contributed by atoms with Gasteiger partial charge in [0.2, 0.25) is 0 Å².